The molecule has 0 saturated heterocycles. The van der Waals surface area contributed by atoms with E-state index in [0.29, 0.717) is 34.0 Å². The van der Waals surface area contributed by atoms with E-state index in [9.17, 15) is 9.59 Å². The maximum Gasteiger partial charge on any atom is 0.414 e. The highest BCUT2D eigenvalue weighted by Gasteiger charge is 2.19. The summed E-state index contributed by atoms with van der Waals surface area (Å²) in [6.45, 7) is 2.02. The van der Waals surface area contributed by atoms with Gasteiger partial charge in [-0.25, -0.2) is 9.59 Å². The first-order valence-electron chi connectivity index (χ1n) is 8.30. The summed E-state index contributed by atoms with van der Waals surface area (Å²) < 4.78 is 21.4. The van der Waals surface area contributed by atoms with Gasteiger partial charge in [0.05, 0.1) is 5.56 Å². The molecule has 0 bridgehead atoms. The summed E-state index contributed by atoms with van der Waals surface area (Å²) in [4.78, 5) is 25.7. The SMILES string of the molecule is Cc1c(-c2ccc3c(c2)OCO3)c(=O)oc2cc(OC(=O)N(C)C)ccc12. The Bertz CT molecular complexity index is 1120. The Balaban J connectivity index is 1.80. The van der Waals surface area contributed by atoms with Crippen molar-refractivity contribution in [3.63, 3.8) is 0 Å². The Morgan fingerprint density at radius 1 is 1.07 bits per heavy atom. The van der Waals surface area contributed by atoms with Crippen LogP contribution < -0.4 is 19.8 Å². The first kappa shape index (κ1) is 17.0. The minimum absolute atomic E-state index is 0.165. The number of ether oxygens (including phenoxy) is 3. The summed E-state index contributed by atoms with van der Waals surface area (Å²) in [6, 6.07) is 10.3. The van der Waals surface area contributed by atoms with Gasteiger partial charge in [0, 0.05) is 25.5 Å². The van der Waals surface area contributed by atoms with Crippen molar-refractivity contribution in [2.45, 2.75) is 6.92 Å². The summed E-state index contributed by atoms with van der Waals surface area (Å²) >= 11 is 0. The predicted octanol–water partition coefficient (Wildman–Crippen LogP) is 3.56. The van der Waals surface area contributed by atoms with Crippen molar-refractivity contribution < 1.29 is 23.4 Å². The predicted molar refractivity (Wildman–Crippen MR) is 98.5 cm³/mol. The number of hydrogen-bond acceptors (Lipinski definition) is 6. The van der Waals surface area contributed by atoms with E-state index in [2.05, 4.69) is 0 Å². The van der Waals surface area contributed by atoms with Crippen LogP contribution in [0.3, 0.4) is 0 Å². The minimum Gasteiger partial charge on any atom is -0.454 e. The van der Waals surface area contributed by atoms with Crippen LogP contribution >= 0.6 is 0 Å². The Hall–Kier alpha value is -3.48. The highest BCUT2D eigenvalue weighted by Crippen LogP contribution is 2.37. The van der Waals surface area contributed by atoms with Gasteiger partial charge in [-0.1, -0.05) is 6.07 Å². The van der Waals surface area contributed by atoms with Gasteiger partial charge >= 0.3 is 11.7 Å². The lowest BCUT2D eigenvalue weighted by atomic mass is 9.99. The standard InChI is InChI=1S/C20H17NO6/c1-11-14-6-5-13(26-20(23)21(2)3)9-16(14)27-19(22)18(11)12-4-7-15-17(8-12)25-10-24-15/h4-9H,10H2,1-3H3. The lowest BCUT2D eigenvalue weighted by Gasteiger charge is -2.12. The van der Waals surface area contributed by atoms with Crippen LogP contribution in [0.1, 0.15) is 5.56 Å². The fraction of sp³-hybridized carbons (Fsp3) is 0.200. The van der Waals surface area contributed by atoms with Gasteiger partial charge in [-0.05, 0) is 42.3 Å². The molecule has 7 nitrogen and oxygen atoms in total. The molecule has 0 saturated carbocycles. The fourth-order valence-electron chi connectivity index (χ4n) is 2.98. The molecule has 4 rings (SSSR count). The maximum atomic E-state index is 12.6. The molecular weight excluding hydrogens is 350 g/mol. The molecule has 1 aromatic heterocycles. The Morgan fingerprint density at radius 3 is 2.63 bits per heavy atom. The van der Waals surface area contributed by atoms with E-state index in [1.165, 1.54) is 11.0 Å². The van der Waals surface area contributed by atoms with Gasteiger partial charge in [0.25, 0.3) is 0 Å². The summed E-state index contributed by atoms with van der Waals surface area (Å²) in [7, 11) is 3.18. The number of amides is 1. The third-order valence-electron chi connectivity index (χ3n) is 4.37. The second-order valence-corrected chi connectivity index (χ2v) is 6.38. The van der Waals surface area contributed by atoms with Crippen LogP contribution in [-0.2, 0) is 0 Å². The van der Waals surface area contributed by atoms with Gasteiger partial charge in [0.2, 0.25) is 6.79 Å². The maximum absolute atomic E-state index is 12.6. The molecule has 0 fully saturated rings. The topological polar surface area (TPSA) is 78.2 Å². The molecule has 27 heavy (non-hydrogen) atoms. The first-order chi connectivity index (χ1) is 12.9. The van der Waals surface area contributed by atoms with Crippen molar-refractivity contribution in [3.8, 4) is 28.4 Å². The highest BCUT2D eigenvalue weighted by atomic mass is 16.7. The van der Waals surface area contributed by atoms with E-state index < -0.39 is 11.7 Å². The molecule has 1 aliphatic rings. The Morgan fingerprint density at radius 2 is 1.85 bits per heavy atom. The molecule has 1 aliphatic heterocycles. The molecular formula is C20H17NO6. The normalized spacial score (nSPS) is 12.3. The average molecular weight is 367 g/mol. The van der Waals surface area contributed by atoms with Crippen LogP contribution in [0.4, 0.5) is 4.79 Å². The third kappa shape index (κ3) is 2.97. The van der Waals surface area contributed by atoms with Gasteiger partial charge in [-0.15, -0.1) is 0 Å². The molecule has 0 unspecified atom stereocenters. The van der Waals surface area contributed by atoms with Crippen LogP contribution in [0, 0.1) is 6.92 Å². The number of carbonyl (C=O) groups is 1. The second kappa shape index (κ2) is 6.35. The summed E-state index contributed by atoms with van der Waals surface area (Å²) in [5.41, 5.74) is 1.79. The van der Waals surface area contributed by atoms with E-state index in [1.807, 2.05) is 6.92 Å². The average Bonchev–Trinajstić information content (AvgIpc) is 3.09. The van der Waals surface area contributed by atoms with Gasteiger partial charge in [-0.3, -0.25) is 0 Å². The molecule has 138 valence electrons. The smallest absolute Gasteiger partial charge is 0.414 e. The molecule has 0 aliphatic carbocycles. The number of rotatable bonds is 2. The van der Waals surface area contributed by atoms with Crippen LogP contribution in [0.5, 0.6) is 17.2 Å². The number of aryl methyl sites for hydroxylation is 1. The van der Waals surface area contributed by atoms with E-state index >= 15 is 0 Å². The zero-order valence-corrected chi connectivity index (χ0v) is 15.1. The lowest BCUT2D eigenvalue weighted by molar-refractivity contribution is 0.172. The monoisotopic (exact) mass is 367 g/mol. The summed E-state index contributed by atoms with van der Waals surface area (Å²) in [5, 5.41) is 0.756. The van der Waals surface area contributed by atoms with Crippen molar-refractivity contribution in [2.24, 2.45) is 0 Å². The molecule has 0 spiro atoms. The summed E-state index contributed by atoms with van der Waals surface area (Å²) in [5.74, 6) is 1.55. The van der Waals surface area contributed by atoms with Crippen molar-refractivity contribution in [3.05, 3.63) is 52.4 Å². The third-order valence-corrected chi connectivity index (χ3v) is 4.37. The minimum atomic E-state index is -0.509. The molecule has 7 heteroatoms. The van der Waals surface area contributed by atoms with Gasteiger partial charge in [0.15, 0.2) is 11.5 Å². The van der Waals surface area contributed by atoms with Crippen molar-refractivity contribution >= 4 is 17.1 Å². The van der Waals surface area contributed by atoms with Crippen molar-refractivity contribution in [2.75, 3.05) is 20.9 Å². The number of fused-ring (bicyclic) bond motifs is 2. The zero-order valence-electron chi connectivity index (χ0n) is 15.1. The van der Waals surface area contributed by atoms with Gasteiger partial charge < -0.3 is 23.5 Å². The molecule has 3 aromatic rings. The summed E-state index contributed by atoms with van der Waals surface area (Å²) in [6.07, 6.45) is -0.509. The highest BCUT2D eigenvalue weighted by molar-refractivity contribution is 5.88. The van der Waals surface area contributed by atoms with Gasteiger partial charge in [-0.2, -0.15) is 0 Å². The van der Waals surface area contributed by atoms with Crippen LogP contribution in [0.25, 0.3) is 22.1 Å². The molecule has 1 amide bonds. The zero-order chi connectivity index (χ0) is 19.1. The molecule has 2 aromatic carbocycles. The van der Waals surface area contributed by atoms with E-state index in [0.717, 1.165) is 10.9 Å². The lowest BCUT2D eigenvalue weighted by Crippen LogP contribution is -2.25. The molecule has 0 radical (unpaired) electrons. The number of benzene rings is 2. The first-order valence-corrected chi connectivity index (χ1v) is 8.30. The largest absolute Gasteiger partial charge is 0.454 e. The molecule has 2 heterocycles. The van der Waals surface area contributed by atoms with Crippen LogP contribution in [0.15, 0.2) is 45.6 Å². The van der Waals surface area contributed by atoms with E-state index in [1.54, 1.807) is 44.4 Å². The number of nitrogens with zero attached hydrogens (tertiary/aromatic N) is 1. The molecule has 0 atom stereocenters. The number of carbonyl (C=O) groups excluding carboxylic acids is 1. The Kier molecular flexibility index (Phi) is 3.99. The number of hydrogen-bond donors (Lipinski definition) is 0. The van der Waals surface area contributed by atoms with Crippen LogP contribution in [-0.4, -0.2) is 31.9 Å². The Labute approximate surface area is 154 Å². The van der Waals surface area contributed by atoms with Crippen molar-refractivity contribution in [1.29, 1.82) is 0 Å². The van der Waals surface area contributed by atoms with E-state index in [4.69, 9.17) is 18.6 Å². The van der Waals surface area contributed by atoms with Crippen molar-refractivity contribution in [1.82, 2.24) is 4.90 Å². The van der Waals surface area contributed by atoms with Crippen LogP contribution in [0.2, 0.25) is 0 Å². The quantitative estimate of drug-likeness (QED) is 0.645. The second-order valence-electron chi connectivity index (χ2n) is 6.38. The van der Waals surface area contributed by atoms with E-state index in [-0.39, 0.29) is 6.79 Å². The van der Waals surface area contributed by atoms with Gasteiger partial charge in [0.1, 0.15) is 11.3 Å². The molecule has 0 N–H and O–H groups in total. The fourth-order valence-corrected chi connectivity index (χ4v) is 2.98.